The summed E-state index contributed by atoms with van der Waals surface area (Å²) < 4.78 is 5.13. The van der Waals surface area contributed by atoms with E-state index in [9.17, 15) is 4.79 Å². The van der Waals surface area contributed by atoms with E-state index in [-0.39, 0.29) is 5.82 Å². The molecule has 0 atom stereocenters. The van der Waals surface area contributed by atoms with Gasteiger partial charge in [0.2, 0.25) is 0 Å². The lowest BCUT2D eigenvalue weighted by atomic mass is 10.2. The van der Waals surface area contributed by atoms with E-state index in [4.69, 9.17) is 27.9 Å². The van der Waals surface area contributed by atoms with E-state index < -0.39 is 11.7 Å². The smallest absolute Gasteiger partial charge is 0.413 e. The summed E-state index contributed by atoms with van der Waals surface area (Å²) in [7, 11) is 0. The van der Waals surface area contributed by atoms with Crippen LogP contribution in [-0.4, -0.2) is 21.9 Å². The number of anilines is 3. The third-order valence-electron chi connectivity index (χ3n) is 2.51. The monoisotopic (exact) mass is 354 g/mol. The van der Waals surface area contributed by atoms with Gasteiger partial charge in [0.25, 0.3) is 0 Å². The van der Waals surface area contributed by atoms with E-state index in [2.05, 4.69) is 20.8 Å². The van der Waals surface area contributed by atoms with Crippen LogP contribution in [0.5, 0.6) is 0 Å². The molecule has 0 saturated carbocycles. The zero-order valence-electron chi connectivity index (χ0n) is 12.9. The Morgan fingerprint density at radius 2 is 1.61 bits per heavy atom. The molecule has 6 nitrogen and oxygen atoms in total. The number of halogens is 2. The summed E-state index contributed by atoms with van der Waals surface area (Å²) in [5, 5.41) is 14.3. The number of para-hydroxylation sites is 1. The average molecular weight is 355 g/mol. The van der Waals surface area contributed by atoms with Gasteiger partial charge in [-0.05, 0) is 45.0 Å². The van der Waals surface area contributed by atoms with Crippen LogP contribution in [0, 0.1) is 0 Å². The van der Waals surface area contributed by atoms with Gasteiger partial charge in [-0.15, -0.1) is 10.2 Å². The van der Waals surface area contributed by atoms with Crippen LogP contribution in [0.2, 0.25) is 10.0 Å². The minimum absolute atomic E-state index is 0.273. The van der Waals surface area contributed by atoms with Crippen LogP contribution in [0.15, 0.2) is 30.3 Å². The van der Waals surface area contributed by atoms with E-state index >= 15 is 0 Å². The summed E-state index contributed by atoms with van der Waals surface area (Å²) in [6.45, 7) is 5.33. The Morgan fingerprint density at radius 3 is 2.13 bits per heavy atom. The lowest BCUT2D eigenvalue weighted by Gasteiger charge is -2.19. The number of ether oxygens (including phenoxy) is 1. The number of amides is 1. The van der Waals surface area contributed by atoms with Gasteiger partial charge in [-0.25, -0.2) is 4.79 Å². The van der Waals surface area contributed by atoms with Crippen molar-refractivity contribution in [3.63, 3.8) is 0 Å². The van der Waals surface area contributed by atoms with Gasteiger partial charge >= 0.3 is 6.09 Å². The van der Waals surface area contributed by atoms with Crippen molar-refractivity contribution in [2.24, 2.45) is 0 Å². The molecule has 8 heteroatoms. The molecule has 1 aromatic heterocycles. The summed E-state index contributed by atoms with van der Waals surface area (Å²) in [6, 6.07) is 8.39. The molecule has 0 fully saturated rings. The fourth-order valence-corrected chi connectivity index (χ4v) is 2.11. The standard InChI is InChI=1S/C15H16Cl2N4O2/c1-15(2,3)23-14(22)19-12-8-7-11(20-21-12)18-13-9(16)5-4-6-10(13)17/h4-8H,1-3H3,(H,18,20)(H,19,21,22). The maximum absolute atomic E-state index is 11.6. The van der Waals surface area contributed by atoms with E-state index in [1.807, 2.05) is 0 Å². The predicted octanol–water partition coefficient (Wildman–Crippen LogP) is 4.87. The molecule has 0 radical (unpaired) electrons. The molecule has 122 valence electrons. The maximum Gasteiger partial charge on any atom is 0.413 e. The summed E-state index contributed by atoms with van der Waals surface area (Å²) in [5.41, 5.74) is -0.0437. The molecule has 1 aromatic carbocycles. The maximum atomic E-state index is 11.6. The van der Waals surface area contributed by atoms with Crippen molar-refractivity contribution in [1.82, 2.24) is 10.2 Å². The second kappa shape index (κ2) is 7.02. The van der Waals surface area contributed by atoms with Crippen molar-refractivity contribution in [2.75, 3.05) is 10.6 Å². The number of carbonyl (C=O) groups excluding carboxylic acids is 1. The number of carbonyl (C=O) groups is 1. The molecule has 0 aliphatic heterocycles. The molecule has 23 heavy (non-hydrogen) atoms. The lowest BCUT2D eigenvalue weighted by molar-refractivity contribution is 0.0635. The van der Waals surface area contributed by atoms with Gasteiger partial charge in [0.1, 0.15) is 5.60 Å². The Labute approximate surface area is 144 Å². The van der Waals surface area contributed by atoms with E-state index in [1.54, 1.807) is 51.1 Å². The molecule has 0 aliphatic rings. The molecule has 2 rings (SSSR count). The van der Waals surface area contributed by atoms with Crippen molar-refractivity contribution < 1.29 is 9.53 Å². The Bertz CT molecular complexity index is 679. The van der Waals surface area contributed by atoms with Gasteiger partial charge in [-0.1, -0.05) is 29.3 Å². The normalized spacial score (nSPS) is 11.0. The van der Waals surface area contributed by atoms with Gasteiger partial charge in [0, 0.05) is 0 Å². The van der Waals surface area contributed by atoms with Gasteiger partial charge in [0.05, 0.1) is 15.7 Å². The quantitative estimate of drug-likeness (QED) is 0.821. The highest BCUT2D eigenvalue weighted by molar-refractivity contribution is 6.39. The van der Waals surface area contributed by atoms with Crippen LogP contribution in [0.25, 0.3) is 0 Å². The molecule has 1 amide bonds. The van der Waals surface area contributed by atoms with Crippen LogP contribution >= 0.6 is 23.2 Å². The van der Waals surface area contributed by atoms with Crippen molar-refractivity contribution >= 4 is 46.6 Å². The molecule has 0 unspecified atom stereocenters. The molecule has 1 heterocycles. The van der Waals surface area contributed by atoms with Crippen molar-refractivity contribution in [3.8, 4) is 0 Å². The van der Waals surface area contributed by atoms with E-state index in [0.717, 1.165) is 0 Å². The third kappa shape index (κ3) is 5.26. The highest BCUT2D eigenvalue weighted by Crippen LogP contribution is 2.31. The first-order valence-electron chi connectivity index (χ1n) is 6.79. The molecule has 0 spiro atoms. The average Bonchev–Trinajstić information content (AvgIpc) is 2.43. The summed E-state index contributed by atoms with van der Waals surface area (Å²) in [5.74, 6) is 0.713. The molecular formula is C15H16Cl2N4O2. The zero-order chi connectivity index (χ0) is 17.0. The van der Waals surface area contributed by atoms with E-state index in [0.29, 0.717) is 21.6 Å². The predicted molar refractivity (Wildman–Crippen MR) is 91.6 cm³/mol. The Morgan fingerprint density at radius 1 is 1.04 bits per heavy atom. The first-order valence-corrected chi connectivity index (χ1v) is 7.55. The van der Waals surface area contributed by atoms with Crippen LogP contribution in [0.3, 0.4) is 0 Å². The minimum Gasteiger partial charge on any atom is -0.444 e. The number of nitrogens with one attached hydrogen (secondary N) is 2. The van der Waals surface area contributed by atoms with E-state index in [1.165, 1.54) is 0 Å². The largest absolute Gasteiger partial charge is 0.444 e. The summed E-state index contributed by atoms with van der Waals surface area (Å²) in [4.78, 5) is 11.6. The Balaban J connectivity index is 2.04. The van der Waals surface area contributed by atoms with Crippen molar-refractivity contribution in [2.45, 2.75) is 26.4 Å². The number of hydrogen-bond acceptors (Lipinski definition) is 5. The first-order chi connectivity index (χ1) is 10.7. The zero-order valence-corrected chi connectivity index (χ0v) is 14.4. The molecule has 0 bridgehead atoms. The number of rotatable bonds is 3. The number of benzene rings is 1. The third-order valence-corrected chi connectivity index (χ3v) is 3.14. The fourth-order valence-electron chi connectivity index (χ4n) is 1.62. The highest BCUT2D eigenvalue weighted by Gasteiger charge is 2.16. The number of nitrogens with zero attached hydrogens (tertiary/aromatic N) is 2. The minimum atomic E-state index is -0.596. The summed E-state index contributed by atoms with van der Waals surface area (Å²) >= 11 is 12.1. The Kier molecular flexibility index (Phi) is 5.28. The molecular weight excluding hydrogens is 339 g/mol. The highest BCUT2D eigenvalue weighted by atomic mass is 35.5. The van der Waals surface area contributed by atoms with Gasteiger partial charge in [0.15, 0.2) is 11.6 Å². The second-order valence-electron chi connectivity index (χ2n) is 5.65. The summed E-state index contributed by atoms with van der Waals surface area (Å²) in [6.07, 6.45) is -0.596. The fraction of sp³-hybridized carbons (Fsp3) is 0.267. The molecule has 0 aliphatic carbocycles. The lowest BCUT2D eigenvalue weighted by Crippen LogP contribution is -2.27. The van der Waals surface area contributed by atoms with Gasteiger partial charge in [-0.2, -0.15) is 0 Å². The molecule has 2 N–H and O–H groups in total. The van der Waals surface area contributed by atoms with Crippen LogP contribution < -0.4 is 10.6 Å². The Hall–Kier alpha value is -2.05. The molecule has 0 saturated heterocycles. The topological polar surface area (TPSA) is 76.1 Å². The second-order valence-corrected chi connectivity index (χ2v) is 6.47. The van der Waals surface area contributed by atoms with Crippen molar-refractivity contribution in [3.05, 3.63) is 40.4 Å². The SMILES string of the molecule is CC(C)(C)OC(=O)Nc1ccc(Nc2c(Cl)cccc2Cl)nn1. The number of hydrogen-bond donors (Lipinski definition) is 2. The number of aromatic nitrogens is 2. The molecule has 2 aromatic rings. The van der Waals surface area contributed by atoms with Gasteiger partial charge < -0.3 is 10.1 Å². The van der Waals surface area contributed by atoms with Gasteiger partial charge in [-0.3, -0.25) is 5.32 Å². The first kappa shape index (κ1) is 17.3. The van der Waals surface area contributed by atoms with Crippen LogP contribution in [0.4, 0.5) is 22.1 Å². The van der Waals surface area contributed by atoms with Crippen molar-refractivity contribution in [1.29, 1.82) is 0 Å². The van der Waals surface area contributed by atoms with Crippen LogP contribution in [-0.2, 0) is 4.74 Å². The van der Waals surface area contributed by atoms with Crippen LogP contribution in [0.1, 0.15) is 20.8 Å².